The number of carbonyl (C=O) groups excluding carboxylic acids is 2. The molecule has 0 saturated carbocycles. The van der Waals surface area contributed by atoms with Crippen LogP contribution in [0, 0.1) is 5.92 Å². The molecule has 41 heavy (non-hydrogen) atoms. The van der Waals surface area contributed by atoms with Crippen LogP contribution in [0.4, 0.5) is 0 Å². The molecule has 0 atom stereocenters. The standard InChI is InChI=1S/C32H35N5O3S/c1-40-28-14-12-27(13-15-28)31(39)33-21-29-34-35-32(37(29)22-26-10-6-3-7-11-26)41-23-30(38)36-18-16-25(17-19-36)20-24-8-4-2-5-9-24/h2-15,25H,16-23H2,1H3,(H,33,39). The number of hydrogen-bond acceptors (Lipinski definition) is 6. The van der Waals surface area contributed by atoms with E-state index < -0.39 is 0 Å². The predicted octanol–water partition coefficient (Wildman–Crippen LogP) is 4.84. The molecule has 0 aliphatic carbocycles. The Kier molecular flexibility index (Phi) is 9.69. The zero-order valence-corrected chi connectivity index (χ0v) is 24.1. The minimum atomic E-state index is -0.207. The maximum atomic E-state index is 13.1. The predicted molar refractivity (Wildman–Crippen MR) is 160 cm³/mol. The van der Waals surface area contributed by atoms with E-state index in [2.05, 4.69) is 39.8 Å². The number of carbonyl (C=O) groups is 2. The van der Waals surface area contributed by atoms with E-state index in [1.807, 2.05) is 45.9 Å². The lowest BCUT2D eigenvalue weighted by Gasteiger charge is -2.32. The summed E-state index contributed by atoms with van der Waals surface area (Å²) in [4.78, 5) is 27.8. The Morgan fingerprint density at radius 2 is 1.56 bits per heavy atom. The number of methoxy groups -OCH3 is 1. The molecule has 212 valence electrons. The van der Waals surface area contributed by atoms with E-state index in [4.69, 9.17) is 4.74 Å². The zero-order valence-electron chi connectivity index (χ0n) is 23.2. The number of amides is 2. The Balaban J connectivity index is 1.19. The highest BCUT2D eigenvalue weighted by atomic mass is 32.2. The molecule has 4 aromatic rings. The molecule has 3 aromatic carbocycles. The van der Waals surface area contributed by atoms with E-state index in [0.29, 0.717) is 40.5 Å². The van der Waals surface area contributed by atoms with Crippen LogP contribution in [-0.4, -0.2) is 57.4 Å². The van der Waals surface area contributed by atoms with Crippen molar-refractivity contribution in [3.63, 3.8) is 0 Å². The molecule has 1 saturated heterocycles. The Hall–Kier alpha value is -4.11. The molecule has 1 N–H and O–H groups in total. The summed E-state index contributed by atoms with van der Waals surface area (Å²) in [6.45, 7) is 2.34. The molecule has 0 spiro atoms. The summed E-state index contributed by atoms with van der Waals surface area (Å²) >= 11 is 1.40. The van der Waals surface area contributed by atoms with Crippen molar-refractivity contribution < 1.29 is 14.3 Å². The van der Waals surface area contributed by atoms with E-state index in [-0.39, 0.29) is 18.4 Å². The van der Waals surface area contributed by atoms with Gasteiger partial charge in [-0.2, -0.15) is 0 Å². The lowest BCUT2D eigenvalue weighted by molar-refractivity contribution is -0.129. The minimum absolute atomic E-state index is 0.122. The van der Waals surface area contributed by atoms with Gasteiger partial charge in [0.1, 0.15) is 5.75 Å². The first-order chi connectivity index (χ1) is 20.1. The zero-order chi connectivity index (χ0) is 28.4. The lowest BCUT2D eigenvalue weighted by atomic mass is 9.90. The molecule has 1 aromatic heterocycles. The average molecular weight is 570 g/mol. The van der Waals surface area contributed by atoms with Crippen molar-refractivity contribution in [2.24, 2.45) is 5.92 Å². The Bertz CT molecular complexity index is 1420. The van der Waals surface area contributed by atoms with Crippen molar-refractivity contribution in [2.45, 2.75) is 37.5 Å². The van der Waals surface area contributed by atoms with E-state index in [9.17, 15) is 9.59 Å². The summed E-state index contributed by atoms with van der Waals surface area (Å²) < 4.78 is 7.16. The van der Waals surface area contributed by atoms with Gasteiger partial charge in [-0.25, -0.2) is 0 Å². The summed E-state index contributed by atoms with van der Waals surface area (Å²) in [5, 5.41) is 12.4. The maximum absolute atomic E-state index is 13.1. The molecule has 0 radical (unpaired) electrons. The van der Waals surface area contributed by atoms with Crippen molar-refractivity contribution in [3.8, 4) is 5.75 Å². The van der Waals surface area contributed by atoms with Gasteiger partial charge in [-0.3, -0.25) is 9.59 Å². The first-order valence-corrected chi connectivity index (χ1v) is 14.9. The van der Waals surface area contributed by atoms with Gasteiger partial charge in [-0.1, -0.05) is 72.4 Å². The van der Waals surface area contributed by atoms with Gasteiger partial charge in [0.2, 0.25) is 5.91 Å². The van der Waals surface area contributed by atoms with Crippen molar-refractivity contribution in [2.75, 3.05) is 26.0 Å². The summed E-state index contributed by atoms with van der Waals surface area (Å²) in [7, 11) is 1.59. The highest BCUT2D eigenvalue weighted by Crippen LogP contribution is 2.24. The van der Waals surface area contributed by atoms with Crippen molar-refractivity contribution in [1.29, 1.82) is 0 Å². The topological polar surface area (TPSA) is 89.3 Å². The number of aromatic nitrogens is 3. The number of nitrogens with zero attached hydrogens (tertiary/aromatic N) is 4. The highest BCUT2D eigenvalue weighted by molar-refractivity contribution is 7.99. The molecule has 0 unspecified atom stereocenters. The minimum Gasteiger partial charge on any atom is -0.497 e. The van der Waals surface area contributed by atoms with Crippen LogP contribution in [0.5, 0.6) is 5.75 Å². The second-order valence-corrected chi connectivity index (χ2v) is 11.1. The Labute approximate surface area is 245 Å². The fraction of sp³-hybridized carbons (Fsp3) is 0.312. The molecular weight excluding hydrogens is 534 g/mol. The molecule has 1 fully saturated rings. The Morgan fingerprint density at radius 3 is 2.22 bits per heavy atom. The molecule has 1 aliphatic heterocycles. The molecule has 1 aliphatic rings. The van der Waals surface area contributed by atoms with Gasteiger partial charge in [0.05, 0.1) is 26.0 Å². The van der Waals surface area contributed by atoms with Crippen molar-refractivity contribution >= 4 is 23.6 Å². The van der Waals surface area contributed by atoms with Gasteiger partial charge in [-0.15, -0.1) is 10.2 Å². The maximum Gasteiger partial charge on any atom is 0.251 e. The summed E-state index contributed by atoms with van der Waals surface area (Å²) in [5.41, 5.74) is 2.98. The van der Waals surface area contributed by atoms with Crippen molar-refractivity contribution in [3.05, 3.63) is 107 Å². The van der Waals surface area contributed by atoms with Gasteiger partial charge in [0.15, 0.2) is 11.0 Å². The van der Waals surface area contributed by atoms with Gasteiger partial charge in [0, 0.05) is 18.7 Å². The number of nitrogens with one attached hydrogen (secondary N) is 1. The quantitative estimate of drug-likeness (QED) is 0.260. The number of thioether (sulfide) groups is 1. The normalized spacial score (nSPS) is 13.6. The first-order valence-electron chi connectivity index (χ1n) is 13.9. The highest BCUT2D eigenvalue weighted by Gasteiger charge is 2.24. The van der Waals surface area contributed by atoms with Crippen LogP contribution in [0.3, 0.4) is 0 Å². The first kappa shape index (κ1) is 28.4. The number of hydrogen-bond donors (Lipinski definition) is 1. The van der Waals surface area contributed by atoms with Gasteiger partial charge in [0.25, 0.3) is 5.91 Å². The third kappa shape index (κ3) is 7.76. The van der Waals surface area contributed by atoms with Crippen LogP contribution < -0.4 is 10.1 Å². The van der Waals surface area contributed by atoms with Crippen LogP contribution >= 0.6 is 11.8 Å². The fourth-order valence-electron chi connectivity index (χ4n) is 5.04. The lowest BCUT2D eigenvalue weighted by Crippen LogP contribution is -2.39. The second kappa shape index (κ2) is 14.0. The fourth-order valence-corrected chi connectivity index (χ4v) is 5.90. The van der Waals surface area contributed by atoms with E-state index in [0.717, 1.165) is 37.9 Å². The van der Waals surface area contributed by atoms with Crippen LogP contribution in [0.15, 0.2) is 90.1 Å². The van der Waals surface area contributed by atoms with Crippen LogP contribution in [-0.2, 0) is 24.3 Å². The summed E-state index contributed by atoms with van der Waals surface area (Å²) in [6.07, 6.45) is 3.11. The smallest absolute Gasteiger partial charge is 0.251 e. The molecule has 8 nitrogen and oxygen atoms in total. The SMILES string of the molecule is COc1ccc(C(=O)NCc2nnc(SCC(=O)N3CCC(Cc4ccccc4)CC3)n2Cc2ccccc2)cc1. The van der Waals surface area contributed by atoms with Crippen LogP contribution in [0.25, 0.3) is 0 Å². The van der Waals surface area contributed by atoms with Crippen LogP contribution in [0.1, 0.15) is 40.2 Å². The Morgan fingerprint density at radius 1 is 0.902 bits per heavy atom. The summed E-state index contributed by atoms with van der Waals surface area (Å²) in [6, 6.07) is 27.6. The second-order valence-electron chi connectivity index (χ2n) is 10.2. The average Bonchev–Trinajstić information content (AvgIpc) is 3.40. The number of piperidine rings is 1. The third-order valence-electron chi connectivity index (χ3n) is 7.40. The molecule has 5 rings (SSSR count). The molecule has 9 heteroatoms. The number of rotatable bonds is 11. The van der Waals surface area contributed by atoms with Gasteiger partial charge < -0.3 is 19.5 Å². The van der Waals surface area contributed by atoms with Gasteiger partial charge in [-0.05, 0) is 60.6 Å². The molecule has 2 amide bonds. The molecule has 0 bridgehead atoms. The van der Waals surface area contributed by atoms with E-state index >= 15 is 0 Å². The molecule has 2 heterocycles. The summed E-state index contributed by atoms with van der Waals surface area (Å²) in [5.74, 6) is 2.15. The number of benzene rings is 3. The number of ether oxygens (including phenoxy) is 1. The number of likely N-dealkylation sites (tertiary alicyclic amines) is 1. The largest absolute Gasteiger partial charge is 0.497 e. The molecular formula is C32H35N5O3S. The monoisotopic (exact) mass is 569 g/mol. The van der Waals surface area contributed by atoms with Crippen molar-refractivity contribution in [1.82, 2.24) is 25.0 Å². The van der Waals surface area contributed by atoms with E-state index in [1.54, 1.807) is 31.4 Å². The van der Waals surface area contributed by atoms with E-state index in [1.165, 1.54) is 17.3 Å². The van der Waals surface area contributed by atoms with Crippen LogP contribution in [0.2, 0.25) is 0 Å². The van der Waals surface area contributed by atoms with Gasteiger partial charge >= 0.3 is 0 Å². The third-order valence-corrected chi connectivity index (χ3v) is 8.35.